The maximum atomic E-state index is 12.3. The lowest BCUT2D eigenvalue weighted by molar-refractivity contribution is -0.115. The summed E-state index contributed by atoms with van der Waals surface area (Å²) in [6.07, 6.45) is 4.17. The molecule has 0 aliphatic heterocycles. The number of nitrogens with one attached hydrogen (secondary N) is 1. The van der Waals surface area contributed by atoms with E-state index >= 15 is 0 Å². The fraction of sp³-hybridized carbons (Fsp3) is 0.100. The molecule has 7 heteroatoms. The first-order valence-corrected chi connectivity index (χ1v) is 9.29. The van der Waals surface area contributed by atoms with Gasteiger partial charge in [-0.1, -0.05) is 29.4 Å². The van der Waals surface area contributed by atoms with Crippen molar-refractivity contribution in [1.82, 2.24) is 15.1 Å². The summed E-state index contributed by atoms with van der Waals surface area (Å²) in [7, 11) is 0. The van der Waals surface area contributed by atoms with Gasteiger partial charge in [0.25, 0.3) is 0 Å². The zero-order chi connectivity index (χ0) is 18.5. The van der Waals surface area contributed by atoms with Crippen molar-refractivity contribution in [2.45, 2.75) is 12.8 Å². The maximum Gasteiger partial charge on any atom is 0.231 e. The number of hydrogen-bond donors (Lipinski definition) is 1. The molecule has 3 aromatic heterocycles. The van der Waals surface area contributed by atoms with Gasteiger partial charge in [-0.2, -0.15) is 4.98 Å². The molecule has 4 aromatic rings. The number of nitrogens with zero attached hydrogens (tertiary/aromatic N) is 3. The molecular formula is C20H16N4O2S. The van der Waals surface area contributed by atoms with Gasteiger partial charge < -0.3 is 9.84 Å². The van der Waals surface area contributed by atoms with Gasteiger partial charge in [-0.3, -0.25) is 9.78 Å². The number of anilines is 1. The minimum absolute atomic E-state index is 0.0496. The van der Waals surface area contributed by atoms with Gasteiger partial charge in [-0.25, -0.2) is 0 Å². The molecule has 0 aliphatic carbocycles. The van der Waals surface area contributed by atoms with E-state index in [0.717, 1.165) is 21.7 Å². The Morgan fingerprint density at radius 2 is 2.04 bits per heavy atom. The van der Waals surface area contributed by atoms with Crippen LogP contribution in [0.15, 0.2) is 70.8 Å². The van der Waals surface area contributed by atoms with Crippen LogP contribution in [0.5, 0.6) is 0 Å². The molecule has 1 N–H and O–H groups in total. The number of thiophene rings is 1. The van der Waals surface area contributed by atoms with Crippen LogP contribution in [-0.4, -0.2) is 21.0 Å². The van der Waals surface area contributed by atoms with Crippen molar-refractivity contribution in [2.24, 2.45) is 0 Å². The molecule has 0 fully saturated rings. The van der Waals surface area contributed by atoms with Gasteiger partial charge in [-0.05, 0) is 35.2 Å². The largest absolute Gasteiger partial charge is 0.339 e. The monoisotopic (exact) mass is 376 g/mol. The molecule has 0 atom stereocenters. The minimum Gasteiger partial charge on any atom is -0.339 e. The van der Waals surface area contributed by atoms with Crippen LogP contribution >= 0.6 is 11.3 Å². The van der Waals surface area contributed by atoms with Gasteiger partial charge in [0.2, 0.25) is 17.6 Å². The van der Waals surface area contributed by atoms with E-state index in [0.29, 0.717) is 24.6 Å². The van der Waals surface area contributed by atoms with E-state index in [1.54, 1.807) is 23.7 Å². The Labute approximate surface area is 159 Å². The third-order valence-corrected chi connectivity index (χ3v) is 4.81. The highest BCUT2D eigenvalue weighted by Gasteiger charge is 2.13. The Morgan fingerprint density at radius 3 is 2.85 bits per heavy atom. The molecule has 134 valence electrons. The van der Waals surface area contributed by atoms with E-state index in [1.165, 1.54) is 0 Å². The van der Waals surface area contributed by atoms with Crippen LogP contribution in [0, 0.1) is 0 Å². The van der Waals surface area contributed by atoms with Crippen LogP contribution < -0.4 is 5.32 Å². The summed E-state index contributed by atoms with van der Waals surface area (Å²) in [5.41, 5.74) is 2.46. The van der Waals surface area contributed by atoms with Crippen molar-refractivity contribution in [3.05, 3.63) is 82.6 Å². The average Bonchev–Trinajstić information content (AvgIpc) is 3.36. The van der Waals surface area contributed by atoms with Crippen LogP contribution in [0.1, 0.15) is 16.3 Å². The predicted octanol–water partition coefficient (Wildman–Crippen LogP) is 3.97. The average molecular weight is 376 g/mol. The van der Waals surface area contributed by atoms with E-state index in [1.807, 2.05) is 53.9 Å². The standard InChI is InChI=1S/C20H16N4O2S/c25-18(12-16-7-4-10-27-16)22-17-8-2-1-5-14(17)11-19-23-20(24-26-19)15-6-3-9-21-13-15/h1-10,13H,11-12H2,(H,22,25). The second-order valence-corrected chi connectivity index (χ2v) is 6.92. The SMILES string of the molecule is O=C(Cc1cccs1)Nc1ccccc1Cc1nc(-c2cccnc2)no1. The topological polar surface area (TPSA) is 80.9 Å². The second-order valence-electron chi connectivity index (χ2n) is 5.89. The van der Waals surface area contributed by atoms with Crippen LogP contribution in [-0.2, 0) is 17.6 Å². The van der Waals surface area contributed by atoms with Crippen LogP contribution in [0.3, 0.4) is 0 Å². The molecule has 0 aliphatic rings. The molecule has 3 heterocycles. The van der Waals surface area contributed by atoms with Crippen molar-refractivity contribution in [3.8, 4) is 11.4 Å². The van der Waals surface area contributed by atoms with Gasteiger partial charge in [-0.15, -0.1) is 11.3 Å². The van der Waals surface area contributed by atoms with Crippen molar-refractivity contribution in [1.29, 1.82) is 0 Å². The number of para-hydroxylation sites is 1. The van der Waals surface area contributed by atoms with E-state index in [9.17, 15) is 4.79 Å². The zero-order valence-electron chi connectivity index (χ0n) is 14.3. The van der Waals surface area contributed by atoms with E-state index in [4.69, 9.17) is 4.52 Å². The summed E-state index contributed by atoms with van der Waals surface area (Å²) in [5, 5.41) is 8.95. The fourth-order valence-electron chi connectivity index (χ4n) is 2.66. The first kappa shape index (κ1) is 17.1. The maximum absolute atomic E-state index is 12.3. The first-order valence-electron chi connectivity index (χ1n) is 8.41. The van der Waals surface area contributed by atoms with Gasteiger partial charge in [0.1, 0.15) is 0 Å². The number of carbonyl (C=O) groups excluding carboxylic acids is 1. The molecule has 0 spiro atoms. The molecule has 0 bridgehead atoms. The molecule has 1 aromatic carbocycles. The normalized spacial score (nSPS) is 10.7. The highest BCUT2D eigenvalue weighted by Crippen LogP contribution is 2.21. The van der Waals surface area contributed by atoms with E-state index in [-0.39, 0.29) is 5.91 Å². The highest BCUT2D eigenvalue weighted by atomic mass is 32.1. The molecule has 0 saturated carbocycles. The van der Waals surface area contributed by atoms with Crippen molar-refractivity contribution < 1.29 is 9.32 Å². The summed E-state index contributed by atoms with van der Waals surface area (Å²) in [4.78, 5) is 21.8. The second kappa shape index (κ2) is 7.92. The Kier molecular flexibility index (Phi) is 5.02. The number of hydrogen-bond acceptors (Lipinski definition) is 6. The van der Waals surface area contributed by atoms with Gasteiger partial charge >= 0.3 is 0 Å². The quantitative estimate of drug-likeness (QED) is 0.551. The fourth-order valence-corrected chi connectivity index (χ4v) is 3.37. The predicted molar refractivity (Wildman–Crippen MR) is 103 cm³/mol. The molecule has 4 rings (SSSR count). The van der Waals surface area contributed by atoms with Crippen molar-refractivity contribution in [3.63, 3.8) is 0 Å². The first-order chi connectivity index (χ1) is 13.3. The number of amides is 1. The van der Waals surface area contributed by atoms with Gasteiger partial charge in [0.15, 0.2) is 0 Å². The summed E-state index contributed by atoms with van der Waals surface area (Å²) >= 11 is 1.57. The number of rotatable bonds is 6. The summed E-state index contributed by atoms with van der Waals surface area (Å²) < 4.78 is 5.37. The van der Waals surface area contributed by atoms with E-state index in [2.05, 4.69) is 20.4 Å². The molecule has 1 amide bonds. The smallest absolute Gasteiger partial charge is 0.231 e. The van der Waals surface area contributed by atoms with Crippen molar-refractivity contribution in [2.75, 3.05) is 5.32 Å². The molecule has 27 heavy (non-hydrogen) atoms. The molecular weight excluding hydrogens is 360 g/mol. The van der Waals surface area contributed by atoms with Gasteiger partial charge in [0, 0.05) is 28.5 Å². The third kappa shape index (κ3) is 4.27. The van der Waals surface area contributed by atoms with Crippen LogP contribution in [0.4, 0.5) is 5.69 Å². The number of carbonyl (C=O) groups is 1. The Balaban J connectivity index is 1.48. The lowest BCUT2D eigenvalue weighted by atomic mass is 10.1. The Hall–Kier alpha value is -3.32. The van der Waals surface area contributed by atoms with E-state index < -0.39 is 0 Å². The molecule has 0 saturated heterocycles. The number of aromatic nitrogens is 3. The Bertz CT molecular complexity index is 1030. The molecule has 6 nitrogen and oxygen atoms in total. The Morgan fingerprint density at radius 1 is 1.11 bits per heavy atom. The summed E-state index contributed by atoms with van der Waals surface area (Å²) in [5.74, 6) is 0.928. The summed E-state index contributed by atoms with van der Waals surface area (Å²) in [6.45, 7) is 0. The molecule has 0 radical (unpaired) electrons. The number of pyridine rings is 1. The third-order valence-electron chi connectivity index (χ3n) is 3.94. The lowest BCUT2D eigenvalue weighted by Crippen LogP contribution is -2.15. The van der Waals surface area contributed by atoms with Crippen LogP contribution in [0.2, 0.25) is 0 Å². The lowest BCUT2D eigenvalue weighted by Gasteiger charge is -2.09. The van der Waals surface area contributed by atoms with Gasteiger partial charge in [0.05, 0.1) is 12.8 Å². The van der Waals surface area contributed by atoms with Crippen LogP contribution in [0.25, 0.3) is 11.4 Å². The highest BCUT2D eigenvalue weighted by molar-refractivity contribution is 7.10. The van der Waals surface area contributed by atoms with Crippen molar-refractivity contribution >= 4 is 22.9 Å². The molecule has 0 unspecified atom stereocenters. The number of benzene rings is 1. The zero-order valence-corrected chi connectivity index (χ0v) is 15.1. The summed E-state index contributed by atoms with van der Waals surface area (Å²) in [6, 6.07) is 15.2. The minimum atomic E-state index is -0.0496.